The summed E-state index contributed by atoms with van der Waals surface area (Å²) in [5.74, 6) is 0.141. The fourth-order valence-electron chi connectivity index (χ4n) is 16.3. The van der Waals surface area contributed by atoms with E-state index >= 15 is 0 Å². The van der Waals surface area contributed by atoms with Gasteiger partial charge in [-0.25, -0.2) is 0 Å². The van der Waals surface area contributed by atoms with Crippen molar-refractivity contribution in [1.29, 1.82) is 0 Å². The molecule has 0 bridgehead atoms. The number of allylic oxidation sites excluding steroid dienone is 28. The summed E-state index contributed by atoms with van der Waals surface area (Å²) >= 11 is 0. The van der Waals surface area contributed by atoms with Gasteiger partial charge in [-0.2, -0.15) is 0 Å². The number of carbonyl (C=O) groups is 14. The first-order chi connectivity index (χ1) is 64.4. The van der Waals surface area contributed by atoms with Crippen LogP contribution in [0, 0.1) is 40.5 Å². The van der Waals surface area contributed by atoms with Crippen molar-refractivity contribution in [3.8, 4) is 0 Å². The number of rotatable bonds is 49. The average molecular weight is 1910 g/mol. The fourth-order valence-corrected chi connectivity index (χ4v) is 16.3. The molecule has 30 heteroatoms. The van der Waals surface area contributed by atoms with Gasteiger partial charge in [0, 0.05) is 156 Å². The van der Waals surface area contributed by atoms with Crippen LogP contribution in [0.2, 0.25) is 0 Å². The Morgan fingerprint density at radius 2 is 0.263 bits per heavy atom. The van der Waals surface area contributed by atoms with Gasteiger partial charge in [-0.1, -0.05) is 143 Å². The van der Waals surface area contributed by atoms with Crippen molar-refractivity contribution in [3.63, 3.8) is 0 Å². The molecule has 137 heavy (non-hydrogen) atoms. The third-order valence-electron chi connectivity index (χ3n) is 26.6. The first kappa shape index (κ1) is 124. The van der Waals surface area contributed by atoms with Crippen LogP contribution in [-0.2, 0) is 86.5 Å². The molecule has 0 radical (unpaired) electrons. The summed E-state index contributed by atoms with van der Waals surface area (Å²) in [7, 11) is 0. The number of unbranched alkanes of at least 4 members (excludes halogenated alkanes) is 23. The van der Waals surface area contributed by atoms with Crippen LogP contribution < -0.4 is 0 Å². The molecule has 0 saturated heterocycles. The third-order valence-corrected chi connectivity index (χ3v) is 26.6. The molecule has 758 valence electrons. The first-order valence-electron chi connectivity index (χ1n) is 48.8. The zero-order valence-corrected chi connectivity index (χ0v) is 86.4. The lowest BCUT2D eigenvalue weighted by Crippen LogP contribution is -2.20. The van der Waals surface area contributed by atoms with Gasteiger partial charge in [0.25, 0.3) is 20.3 Å². The molecule has 0 atom stereocenters. The number of carbonyl (C=O) groups excluding carboxylic acids is 14. The van der Waals surface area contributed by atoms with E-state index in [1.807, 2.05) is 0 Å². The molecule has 0 saturated carbocycles. The summed E-state index contributed by atoms with van der Waals surface area (Å²) in [6, 6.07) is 0. The summed E-state index contributed by atoms with van der Waals surface area (Å²) in [6.07, 6.45) is 33.4. The lowest BCUT2D eigenvalue weighted by Gasteiger charge is -2.18. The quantitative estimate of drug-likeness (QED) is 0.0236. The van der Waals surface area contributed by atoms with Crippen molar-refractivity contribution < 1.29 is 107 Å². The molecular formula is C107H154N4O26. The molecule has 7 aliphatic rings. The van der Waals surface area contributed by atoms with Crippen LogP contribution in [0.1, 0.15) is 404 Å². The Balaban J connectivity index is 0.000000805. The van der Waals surface area contributed by atoms with Gasteiger partial charge < -0.3 is 19.4 Å². The van der Waals surface area contributed by atoms with Crippen LogP contribution in [-0.4, -0.2) is 128 Å². The maximum atomic E-state index is 12.3. The number of nitrogens with zero attached hydrogens (tertiary/aromatic N) is 4. The van der Waals surface area contributed by atoms with E-state index in [0.717, 1.165) is 184 Å². The molecular weight excluding hydrogens is 1760 g/mol. The van der Waals surface area contributed by atoms with E-state index in [1.54, 1.807) is 145 Å². The summed E-state index contributed by atoms with van der Waals surface area (Å²) in [6.45, 7) is 43.0. The van der Waals surface area contributed by atoms with E-state index < -0.39 is 20.3 Å². The van der Waals surface area contributed by atoms with Gasteiger partial charge in [0.2, 0.25) is 0 Å². The molecule has 0 aromatic carbocycles. The van der Waals surface area contributed by atoms with Gasteiger partial charge in [0.05, 0.1) is 26.4 Å². The number of ketones is 14. The monoisotopic (exact) mass is 1910 g/mol. The van der Waals surface area contributed by atoms with Crippen molar-refractivity contribution in [2.45, 2.75) is 404 Å². The van der Waals surface area contributed by atoms with Crippen LogP contribution in [0.4, 0.5) is 0 Å². The molecule has 30 nitrogen and oxygen atoms in total. The summed E-state index contributed by atoms with van der Waals surface area (Å²) in [5, 5.41) is 36.7. The smallest absolute Gasteiger partial charge is 0.294 e. The minimum absolute atomic E-state index is 0.00755. The zero-order chi connectivity index (χ0) is 104. The highest BCUT2D eigenvalue weighted by atomic mass is 17.0. The van der Waals surface area contributed by atoms with Crippen LogP contribution in [0.25, 0.3) is 0 Å². The molecule has 0 unspecified atom stereocenters. The predicted molar refractivity (Wildman–Crippen MR) is 527 cm³/mol. The minimum atomic E-state index is -0.837. The second kappa shape index (κ2) is 64.6. The Labute approximate surface area is 810 Å². The van der Waals surface area contributed by atoms with E-state index in [9.17, 15) is 108 Å². The summed E-state index contributed by atoms with van der Waals surface area (Å²) < 4.78 is 0. The highest BCUT2D eigenvalue weighted by Gasteiger charge is 2.34. The lowest BCUT2D eigenvalue weighted by atomic mass is 9.84. The van der Waals surface area contributed by atoms with Crippen molar-refractivity contribution in [3.05, 3.63) is 197 Å². The number of hydrogen-bond donors (Lipinski definition) is 0. The molecule has 0 aromatic heterocycles. The van der Waals surface area contributed by atoms with Crippen molar-refractivity contribution in [1.82, 2.24) is 0 Å². The Morgan fingerprint density at radius 1 is 0.153 bits per heavy atom. The zero-order valence-electron chi connectivity index (χ0n) is 86.4. The largest absolute Gasteiger partial charge is 0.314 e. The topological polar surface area (TPSA) is 448 Å². The van der Waals surface area contributed by atoms with E-state index in [1.165, 1.54) is 12.8 Å². The summed E-state index contributed by atoms with van der Waals surface area (Å²) in [4.78, 5) is 225. The SMILES string of the molecule is CC1=C(C)C(=O)C(CCCCCCCCCCO[N+](=O)[O-])=C(C)C1=O.CC1=C(C)C(=O)C(CCCCCCCCCCO[N+](=O)[O-])=C(C)C1=O.CC1=C(C)C(=O)C(CCCCCO[N+](=O)[O-])=C(C)C1=O.CC1=C(C)C(=O)C(CCCCO[N+](=O)[O-])=C(C)C1=O.CCCCC1=C(C)C(=O)C(C)=C(C)C1=O.CCCCCC1=C(C)C(=O)C(C)=C(C)C1=O.CCCCCCC1=C(C)C(=O)C(C)=C(C)C1=O. The van der Waals surface area contributed by atoms with E-state index in [0.29, 0.717) is 197 Å². The average Bonchev–Trinajstić information content (AvgIpc) is 0.812. The minimum Gasteiger partial charge on any atom is -0.314 e. The van der Waals surface area contributed by atoms with E-state index in [2.05, 4.69) is 40.1 Å². The van der Waals surface area contributed by atoms with Crippen LogP contribution in [0.3, 0.4) is 0 Å². The molecule has 0 fully saturated rings. The Bertz CT molecular complexity index is 4910. The molecule has 0 aromatic rings. The van der Waals surface area contributed by atoms with E-state index in [-0.39, 0.29) is 107 Å². The van der Waals surface area contributed by atoms with Gasteiger partial charge in [0.1, 0.15) is 0 Å². The first-order valence-corrected chi connectivity index (χ1v) is 48.8. The standard InChI is InChI=1S/2C19H29NO5.C15H22O2.C14H19NO5.C14H20O2.C13H17NO5.C13H18O2/c2*1-14-15(2)19(22)17(16(3)18(14)21)12-10-8-6-4-5-7-9-11-13-25-20(23)24;1-5-6-7-8-9-13-12(4)14(16)10(2)11(3)15(13)17;1-9-10(2)14(17)12(11(3)13(9)16)7-5-4-6-8-20-15(18)19;1-5-6-7-8-12-11(4)13(15)9(2)10(3)14(12)16;1-8-9(2)13(16)11(10(3)12(8)15)6-4-5-7-19-14(17)18;1-5-6-7-11-10(4)12(14)8(2)9(3)13(11)15/h2*4-13H2,1-3H3;5-9H2,1-4H3;4-8H2,1-3H3;5-8H2,1-4H3;4-7H2,1-3H3;5-7H2,1-4H3. The molecule has 0 spiro atoms. The van der Waals surface area contributed by atoms with Crippen molar-refractivity contribution in [2.75, 3.05) is 26.4 Å². The van der Waals surface area contributed by atoms with Gasteiger partial charge in [0.15, 0.2) is 81.0 Å². The van der Waals surface area contributed by atoms with Gasteiger partial charge in [-0.15, -0.1) is 40.5 Å². The fraction of sp³-hybridized carbons (Fsp3) is 0.607. The second-order valence-corrected chi connectivity index (χ2v) is 36.1. The Morgan fingerprint density at radius 3 is 0.431 bits per heavy atom. The highest BCUT2D eigenvalue weighted by Crippen LogP contribution is 2.35. The maximum absolute atomic E-state index is 12.3. The second-order valence-electron chi connectivity index (χ2n) is 36.1. The normalized spacial score (nSPS) is 16.2. The molecule has 0 amide bonds. The van der Waals surface area contributed by atoms with Gasteiger partial charge >= 0.3 is 0 Å². The summed E-state index contributed by atoms with van der Waals surface area (Å²) in [5.41, 5.74) is 17.0. The number of hydrogen-bond acceptors (Lipinski definition) is 26. The Kier molecular flexibility index (Phi) is 58.3. The molecule has 7 aliphatic carbocycles. The third kappa shape index (κ3) is 39.9. The van der Waals surface area contributed by atoms with Crippen LogP contribution >= 0.6 is 0 Å². The molecule has 7 rings (SSSR count). The van der Waals surface area contributed by atoms with Crippen molar-refractivity contribution >= 4 is 81.0 Å². The Hall–Kier alpha value is -11.5. The molecule has 0 N–H and O–H groups in total. The van der Waals surface area contributed by atoms with E-state index in [4.69, 9.17) is 0 Å². The molecule has 0 aliphatic heterocycles. The lowest BCUT2D eigenvalue weighted by molar-refractivity contribution is -0.757. The molecule has 0 heterocycles. The van der Waals surface area contributed by atoms with Gasteiger partial charge in [-0.05, 0) is 261 Å². The predicted octanol–water partition coefficient (Wildman–Crippen LogP) is 23.9. The highest BCUT2D eigenvalue weighted by molar-refractivity contribution is 6.29. The maximum Gasteiger partial charge on any atom is 0.294 e. The number of Topliss-reactive ketones (excluding diaryl/α,β-unsaturated/α-hetero) is 14. The van der Waals surface area contributed by atoms with Crippen LogP contribution in [0.5, 0.6) is 0 Å². The van der Waals surface area contributed by atoms with Gasteiger partial charge in [-0.3, -0.25) is 67.1 Å². The van der Waals surface area contributed by atoms with Crippen molar-refractivity contribution in [2.24, 2.45) is 0 Å². The van der Waals surface area contributed by atoms with Crippen LogP contribution in [0.15, 0.2) is 156 Å².